The van der Waals surface area contributed by atoms with Crippen LogP contribution in [-0.2, 0) is 22.2 Å². The summed E-state index contributed by atoms with van der Waals surface area (Å²) in [5, 5.41) is 12.6. The highest BCUT2D eigenvalue weighted by Gasteiger charge is 2.57. The molecule has 0 bridgehead atoms. The van der Waals surface area contributed by atoms with Crippen LogP contribution in [0, 0.1) is 0 Å². The molecule has 1 aromatic carbocycles. The van der Waals surface area contributed by atoms with Crippen molar-refractivity contribution in [2.45, 2.75) is 23.1 Å². The molecule has 0 radical (unpaired) electrons. The fourth-order valence-corrected chi connectivity index (χ4v) is 3.99. The molecule has 0 saturated carbocycles. The van der Waals surface area contributed by atoms with Gasteiger partial charge in [0.2, 0.25) is 17.4 Å². The van der Waals surface area contributed by atoms with Crippen LogP contribution in [0.15, 0.2) is 41.6 Å². The standard InChI is InChI=1S/C18H19F3N4O3S/c1-24-9-8-23-16(24)17(28,18(19,20)21)6-7-22-14(26)10-25-12-4-2-3-5-13(12)29-11-15(25)27/h2-5,8-9,28H,6-7,10-11H2,1H3,(H,22,26). The summed E-state index contributed by atoms with van der Waals surface area (Å²) in [4.78, 5) is 30.2. The predicted molar refractivity (Wildman–Crippen MR) is 100 cm³/mol. The van der Waals surface area contributed by atoms with Gasteiger partial charge in [-0.25, -0.2) is 4.98 Å². The number of rotatable bonds is 6. The van der Waals surface area contributed by atoms with E-state index in [9.17, 15) is 27.9 Å². The van der Waals surface area contributed by atoms with E-state index in [1.165, 1.54) is 29.9 Å². The molecule has 0 aliphatic carbocycles. The number of fused-ring (bicyclic) bond motifs is 1. The molecule has 1 unspecified atom stereocenters. The van der Waals surface area contributed by atoms with Gasteiger partial charge >= 0.3 is 6.18 Å². The Morgan fingerprint density at radius 3 is 2.72 bits per heavy atom. The van der Waals surface area contributed by atoms with Crippen molar-refractivity contribution < 1.29 is 27.9 Å². The Balaban J connectivity index is 1.65. The number of carbonyl (C=O) groups excluding carboxylic acids is 2. The van der Waals surface area contributed by atoms with Crippen LogP contribution in [0.25, 0.3) is 0 Å². The Kier molecular flexibility index (Phi) is 5.90. The minimum absolute atomic E-state index is 0.178. The first kappa shape index (κ1) is 21.2. The van der Waals surface area contributed by atoms with Crippen LogP contribution >= 0.6 is 11.8 Å². The summed E-state index contributed by atoms with van der Waals surface area (Å²) in [6, 6.07) is 7.08. The molecule has 7 nitrogen and oxygen atoms in total. The number of hydrogen-bond donors (Lipinski definition) is 2. The number of para-hydroxylation sites is 1. The number of benzene rings is 1. The molecule has 2 heterocycles. The summed E-state index contributed by atoms with van der Waals surface area (Å²) in [6.07, 6.45) is -3.34. The smallest absolute Gasteiger partial charge is 0.374 e. The van der Waals surface area contributed by atoms with Crippen molar-refractivity contribution >= 4 is 29.3 Å². The number of nitrogens with zero attached hydrogens (tertiary/aromatic N) is 3. The van der Waals surface area contributed by atoms with Crippen LogP contribution in [0.1, 0.15) is 12.2 Å². The van der Waals surface area contributed by atoms with E-state index in [2.05, 4.69) is 10.3 Å². The molecule has 11 heteroatoms. The zero-order valence-electron chi connectivity index (χ0n) is 15.4. The maximum atomic E-state index is 13.5. The Morgan fingerprint density at radius 1 is 1.34 bits per heavy atom. The minimum atomic E-state index is -4.98. The number of nitrogens with one attached hydrogen (secondary N) is 1. The Morgan fingerprint density at radius 2 is 2.07 bits per heavy atom. The fourth-order valence-electron chi connectivity index (χ4n) is 3.05. The van der Waals surface area contributed by atoms with E-state index in [4.69, 9.17) is 0 Å². The number of amides is 2. The van der Waals surface area contributed by atoms with E-state index in [0.717, 1.165) is 15.7 Å². The van der Waals surface area contributed by atoms with E-state index >= 15 is 0 Å². The van der Waals surface area contributed by atoms with Gasteiger partial charge < -0.3 is 19.9 Å². The number of carbonyl (C=O) groups is 2. The molecular weight excluding hydrogens is 409 g/mol. The van der Waals surface area contributed by atoms with Crippen molar-refractivity contribution in [2.24, 2.45) is 7.05 Å². The fraction of sp³-hybridized carbons (Fsp3) is 0.389. The molecule has 2 N–H and O–H groups in total. The molecule has 2 aromatic rings. The maximum absolute atomic E-state index is 13.5. The topological polar surface area (TPSA) is 87.5 Å². The molecule has 3 rings (SSSR count). The molecule has 1 aromatic heterocycles. The second kappa shape index (κ2) is 8.07. The lowest BCUT2D eigenvalue weighted by Crippen LogP contribution is -2.48. The zero-order valence-corrected chi connectivity index (χ0v) is 16.3. The van der Waals surface area contributed by atoms with Crippen molar-refractivity contribution in [3.05, 3.63) is 42.5 Å². The monoisotopic (exact) mass is 428 g/mol. The third-order valence-corrected chi connectivity index (χ3v) is 5.63. The third-order valence-electron chi connectivity index (χ3n) is 4.58. The van der Waals surface area contributed by atoms with Gasteiger partial charge in [-0.1, -0.05) is 12.1 Å². The van der Waals surface area contributed by atoms with Crippen LogP contribution < -0.4 is 10.2 Å². The first-order valence-electron chi connectivity index (χ1n) is 8.69. The maximum Gasteiger partial charge on any atom is 0.424 e. The molecule has 1 aliphatic rings. The summed E-state index contributed by atoms with van der Waals surface area (Å²) < 4.78 is 41.6. The number of aryl methyl sites for hydroxylation is 1. The van der Waals surface area contributed by atoms with Gasteiger partial charge in [-0.05, 0) is 12.1 Å². The largest absolute Gasteiger partial charge is 0.424 e. The molecule has 1 atom stereocenters. The van der Waals surface area contributed by atoms with Gasteiger partial charge in [0.15, 0.2) is 0 Å². The van der Waals surface area contributed by atoms with E-state index in [-0.39, 0.29) is 18.2 Å². The van der Waals surface area contributed by atoms with Crippen LogP contribution in [0.5, 0.6) is 0 Å². The first-order valence-corrected chi connectivity index (χ1v) is 9.68. The normalized spacial score (nSPS) is 16.3. The quantitative estimate of drug-likeness (QED) is 0.733. The van der Waals surface area contributed by atoms with Crippen molar-refractivity contribution in [3.8, 4) is 0 Å². The molecule has 2 amide bonds. The predicted octanol–water partition coefficient (Wildman–Crippen LogP) is 1.82. The highest BCUT2D eigenvalue weighted by molar-refractivity contribution is 8.00. The number of anilines is 1. The van der Waals surface area contributed by atoms with Gasteiger partial charge in [0.25, 0.3) is 0 Å². The van der Waals surface area contributed by atoms with Crippen molar-refractivity contribution in [1.82, 2.24) is 14.9 Å². The molecule has 1 aliphatic heterocycles. The van der Waals surface area contributed by atoms with E-state index in [1.807, 2.05) is 12.1 Å². The number of alkyl halides is 3. The number of aliphatic hydroxyl groups is 1. The van der Waals surface area contributed by atoms with Gasteiger partial charge in [0.05, 0.1) is 11.4 Å². The lowest BCUT2D eigenvalue weighted by molar-refractivity contribution is -0.272. The lowest BCUT2D eigenvalue weighted by atomic mass is 9.97. The summed E-state index contributed by atoms with van der Waals surface area (Å²) in [5.41, 5.74) is -2.62. The number of hydrogen-bond acceptors (Lipinski definition) is 5. The Labute approximate surface area is 168 Å². The highest BCUT2D eigenvalue weighted by Crippen LogP contribution is 2.40. The van der Waals surface area contributed by atoms with E-state index < -0.39 is 36.5 Å². The van der Waals surface area contributed by atoms with Crippen LogP contribution in [0.3, 0.4) is 0 Å². The summed E-state index contributed by atoms with van der Waals surface area (Å²) in [5.74, 6) is -1.26. The van der Waals surface area contributed by atoms with Gasteiger partial charge in [0, 0.05) is 37.3 Å². The number of halogens is 3. The van der Waals surface area contributed by atoms with Gasteiger partial charge in [-0.2, -0.15) is 13.2 Å². The molecule has 0 fully saturated rings. The minimum Gasteiger partial charge on any atom is -0.374 e. The Bertz CT molecular complexity index is 918. The molecule has 0 saturated heterocycles. The second-order valence-corrected chi connectivity index (χ2v) is 7.57. The molecule has 0 spiro atoms. The Hall–Kier alpha value is -2.53. The van der Waals surface area contributed by atoms with Crippen LogP contribution in [0.4, 0.5) is 18.9 Å². The molecule has 29 heavy (non-hydrogen) atoms. The van der Waals surface area contributed by atoms with Crippen molar-refractivity contribution in [3.63, 3.8) is 0 Å². The first-order chi connectivity index (χ1) is 13.6. The van der Waals surface area contributed by atoms with Gasteiger partial charge in [0.1, 0.15) is 12.4 Å². The average Bonchev–Trinajstić information content (AvgIpc) is 3.09. The summed E-state index contributed by atoms with van der Waals surface area (Å²) in [6.45, 7) is -0.761. The van der Waals surface area contributed by atoms with E-state index in [1.54, 1.807) is 12.1 Å². The van der Waals surface area contributed by atoms with Crippen molar-refractivity contribution in [2.75, 3.05) is 23.7 Å². The SMILES string of the molecule is Cn1ccnc1C(O)(CCNC(=O)CN1C(=O)CSc2ccccc21)C(F)(F)F. The van der Waals surface area contributed by atoms with E-state index in [0.29, 0.717) is 5.69 Å². The van der Waals surface area contributed by atoms with Gasteiger partial charge in [-0.3, -0.25) is 9.59 Å². The molecule has 156 valence electrons. The number of imidazole rings is 1. The number of aromatic nitrogens is 2. The van der Waals surface area contributed by atoms with Crippen molar-refractivity contribution in [1.29, 1.82) is 0 Å². The highest BCUT2D eigenvalue weighted by atomic mass is 32.2. The van der Waals surface area contributed by atoms with Crippen LogP contribution in [-0.4, -0.2) is 51.5 Å². The molecular formula is C18H19F3N4O3S. The summed E-state index contributed by atoms with van der Waals surface area (Å²) >= 11 is 1.36. The third kappa shape index (κ3) is 4.25. The zero-order chi connectivity index (χ0) is 21.2. The summed E-state index contributed by atoms with van der Waals surface area (Å²) in [7, 11) is 1.34. The second-order valence-electron chi connectivity index (χ2n) is 6.56. The number of thioether (sulfide) groups is 1. The van der Waals surface area contributed by atoms with Crippen LogP contribution in [0.2, 0.25) is 0 Å². The van der Waals surface area contributed by atoms with Gasteiger partial charge in [-0.15, -0.1) is 11.8 Å². The average molecular weight is 428 g/mol. The lowest BCUT2D eigenvalue weighted by Gasteiger charge is -2.30.